The Balaban J connectivity index is 2.67. The number of nitrogens with zero attached hydrogens (tertiary/aromatic N) is 1. The van der Waals surface area contributed by atoms with Crippen molar-refractivity contribution in [1.29, 1.82) is 0 Å². The number of hydrogen-bond acceptors (Lipinski definition) is 3. The molecule has 0 saturated carbocycles. The molecule has 0 radical (unpaired) electrons. The first kappa shape index (κ1) is 11.5. The standard InChI is InChI=1S/C11H18N2S/c1-11(2,3)14-8-9-5-4-6-13-10(9)7-12/h4-6H,7-8,12H2,1-3H3. The molecule has 0 aliphatic carbocycles. The second kappa shape index (κ2) is 4.80. The van der Waals surface area contributed by atoms with E-state index in [0.29, 0.717) is 11.3 Å². The molecule has 1 aromatic heterocycles. The van der Waals surface area contributed by atoms with E-state index in [9.17, 15) is 0 Å². The van der Waals surface area contributed by atoms with Crippen LogP contribution in [-0.4, -0.2) is 9.73 Å². The Kier molecular flexibility index (Phi) is 3.96. The molecule has 0 unspecified atom stereocenters. The van der Waals surface area contributed by atoms with Crippen LogP contribution in [0.3, 0.4) is 0 Å². The van der Waals surface area contributed by atoms with Crippen molar-refractivity contribution in [2.75, 3.05) is 0 Å². The summed E-state index contributed by atoms with van der Waals surface area (Å²) in [5.74, 6) is 0.990. The number of hydrogen-bond donors (Lipinski definition) is 1. The maximum atomic E-state index is 5.62. The quantitative estimate of drug-likeness (QED) is 0.833. The number of pyridine rings is 1. The monoisotopic (exact) mass is 210 g/mol. The Morgan fingerprint density at radius 3 is 2.71 bits per heavy atom. The Labute approximate surface area is 90.3 Å². The summed E-state index contributed by atoms with van der Waals surface area (Å²) in [5, 5.41) is 0. The van der Waals surface area contributed by atoms with Crippen molar-refractivity contribution < 1.29 is 0 Å². The molecule has 1 heterocycles. The van der Waals surface area contributed by atoms with Crippen molar-refractivity contribution >= 4 is 11.8 Å². The summed E-state index contributed by atoms with van der Waals surface area (Å²) in [7, 11) is 0. The fourth-order valence-electron chi connectivity index (χ4n) is 1.08. The number of aromatic nitrogens is 1. The lowest BCUT2D eigenvalue weighted by molar-refractivity contribution is 0.801. The molecule has 0 bridgehead atoms. The van der Waals surface area contributed by atoms with Gasteiger partial charge in [-0.15, -0.1) is 0 Å². The zero-order valence-electron chi connectivity index (χ0n) is 9.08. The molecule has 0 fully saturated rings. The molecule has 2 N–H and O–H groups in total. The molecule has 0 amide bonds. The smallest absolute Gasteiger partial charge is 0.0579 e. The van der Waals surface area contributed by atoms with E-state index in [2.05, 4.69) is 31.8 Å². The average Bonchev–Trinajstić information content (AvgIpc) is 2.14. The number of thioether (sulfide) groups is 1. The van der Waals surface area contributed by atoms with Gasteiger partial charge in [-0.2, -0.15) is 11.8 Å². The normalized spacial score (nSPS) is 11.7. The van der Waals surface area contributed by atoms with Crippen molar-refractivity contribution in [3.63, 3.8) is 0 Å². The van der Waals surface area contributed by atoms with Crippen molar-refractivity contribution in [3.05, 3.63) is 29.6 Å². The maximum absolute atomic E-state index is 5.62. The summed E-state index contributed by atoms with van der Waals surface area (Å²) in [5.41, 5.74) is 7.90. The fraction of sp³-hybridized carbons (Fsp3) is 0.545. The van der Waals surface area contributed by atoms with Crippen molar-refractivity contribution in [2.45, 2.75) is 37.8 Å². The molecule has 1 aromatic rings. The van der Waals surface area contributed by atoms with Gasteiger partial charge in [-0.1, -0.05) is 26.8 Å². The van der Waals surface area contributed by atoms with Crippen LogP contribution in [0.2, 0.25) is 0 Å². The van der Waals surface area contributed by atoms with Crippen LogP contribution < -0.4 is 5.73 Å². The molecule has 3 heteroatoms. The summed E-state index contributed by atoms with van der Waals surface area (Å²) in [6.45, 7) is 7.18. The largest absolute Gasteiger partial charge is 0.325 e. The van der Waals surface area contributed by atoms with Crippen molar-refractivity contribution in [1.82, 2.24) is 4.98 Å². The van der Waals surface area contributed by atoms with Crippen molar-refractivity contribution in [2.24, 2.45) is 5.73 Å². The van der Waals surface area contributed by atoms with Crippen LogP contribution in [0, 0.1) is 0 Å². The highest BCUT2D eigenvalue weighted by Crippen LogP contribution is 2.27. The third-order valence-electron chi connectivity index (χ3n) is 1.84. The van der Waals surface area contributed by atoms with E-state index in [1.807, 2.05) is 17.8 Å². The van der Waals surface area contributed by atoms with Gasteiger partial charge in [0.2, 0.25) is 0 Å². The zero-order valence-corrected chi connectivity index (χ0v) is 9.90. The predicted molar refractivity (Wildman–Crippen MR) is 63.2 cm³/mol. The summed E-state index contributed by atoms with van der Waals surface area (Å²) in [6, 6.07) is 4.08. The van der Waals surface area contributed by atoms with Crippen LogP contribution in [0.15, 0.2) is 18.3 Å². The van der Waals surface area contributed by atoms with Crippen LogP contribution in [0.4, 0.5) is 0 Å². The van der Waals surface area contributed by atoms with E-state index in [4.69, 9.17) is 5.73 Å². The van der Waals surface area contributed by atoms with Gasteiger partial charge < -0.3 is 5.73 Å². The molecule has 0 saturated heterocycles. The Morgan fingerprint density at radius 1 is 1.43 bits per heavy atom. The lowest BCUT2D eigenvalue weighted by atomic mass is 10.2. The lowest BCUT2D eigenvalue weighted by Gasteiger charge is -2.18. The molecular formula is C11H18N2S. The van der Waals surface area contributed by atoms with Gasteiger partial charge in [0.1, 0.15) is 0 Å². The second-order valence-corrected chi connectivity index (χ2v) is 6.02. The molecule has 78 valence electrons. The molecule has 14 heavy (non-hydrogen) atoms. The van der Waals surface area contributed by atoms with Gasteiger partial charge in [0.05, 0.1) is 5.69 Å². The first-order valence-electron chi connectivity index (χ1n) is 4.80. The fourth-order valence-corrected chi connectivity index (χ4v) is 1.93. The zero-order chi connectivity index (χ0) is 10.6. The minimum Gasteiger partial charge on any atom is -0.325 e. The van der Waals surface area contributed by atoms with Crippen LogP contribution in [0.5, 0.6) is 0 Å². The molecule has 0 atom stereocenters. The van der Waals surface area contributed by atoms with Crippen LogP contribution in [-0.2, 0) is 12.3 Å². The Hall–Kier alpha value is -0.540. The second-order valence-electron chi connectivity index (χ2n) is 4.21. The first-order valence-corrected chi connectivity index (χ1v) is 5.78. The summed E-state index contributed by atoms with van der Waals surface area (Å²) in [4.78, 5) is 4.26. The summed E-state index contributed by atoms with van der Waals surface area (Å²) >= 11 is 1.92. The molecule has 0 aliphatic rings. The van der Waals surface area contributed by atoms with Crippen LogP contribution in [0.1, 0.15) is 32.0 Å². The van der Waals surface area contributed by atoms with Crippen LogP contribution in [0.25, 0.3) is 0 Å². The topological polar surface area (TPSA) is 38.9 Å². The summed E-state index contributed by atoms with van der Waals surface area (Å²) < 4.78 is 0.293. The van der Waals surface area contributed by atoms with E-state index in [1.54, 1.807) is 6.20 Å². The lowest BCUT2D eigenvalue weighted by Crippen LogP contribution is -2.09. The van der Waals surface area contributed by atoms with E-state index in [0.717, 1.165) is 11.4 Å². The minimum absolute atomic E-state index is 0.293. The van der Waals surface area contributed by atoms with E-state index < -0.39 is 0 Å². The van der Waals surface area contributed by atoms with E-state index in [-0.39, 0.29) is 0 Å². The SMILES string of the molecule is CC(C)(C)SCc1cccnc1CN. The summed E-state index contributed by atoms with van der Waals surface area (Å²) in [6.07, 6.45) is 1.80. The minimum atomic E-state index is 0.293. The van der Waals surface area contributed by atoms with Gasteiger partial charge in [-0.25, -0.2) is 0 Å². The maximum Gasteiger partial charge on any atom is 0.0579 e. The third-order valence-corrected chi connectivity index (χ3v) is 3.16. The highest BCUT2D eigenvalue weighted by Gasteiger charge is 2.11. The van der Waals surface area contributed by atoms with E-state index >= 15 is 0 Å². The molecule has 0 aliphatic heterocycles. The van der Waals surface area contributed by atoms with Gasteiger partial charge in [-0.05, 0) is 11.6 Å². The molecule has 1 rings (SSSR count). The third kappa shape index (κ3) is 3.68. The van der Waals surface area contributed by atoms with Gasteiger partial charge in [0, 0.05) is 23.2 Å². The number of nitrogens with two attached hydrogens (primary N) is 1. The van der Waals surface area contributed by atoms with Crippen molar-refractivity contribution in [3.8, 4) is 0 Å². The highest BCUT2D eigenvalue weighted by molar-refractivity contribution is 7.99. The molecule has 0 aromatic carbocycles. The Bertz CT molecular complexity index is 292. The molecule has 2 nitrogen and oxygen atoms in total. The molecular weight excluding hydrogens is 192 g/mol. The Morgan fingerprint density at radius 2 is 2.14 bits per heavy atom. The predicted octanol–water partition coefficient (Wildman–Crippen LogP) is 2.57. The van der Waals surface area contributed by atoms with Crippen LogP contribution >= 0.6 is 11.8 Å². The van der Waals surface area contributed by atoms with Gasteiger partial charge >= 0.3 is 0 Å². The van der Waals surface area contributed by atoms with Gasteiger partial charge in [-0.3, -0.25) is 4.98 Å². The molecule has 0 spiro atoms. The number of rotatable bonds is 3. The average molecular weight is 210 g/mol. The van der Waals surface area contributed by atoms with Gasteiger partial charge in [0.25, 0.3) is 0 Å². The van der Waals surface area contributed by atoms with E-state index in [1.165, 1.54) is 5.56 Å². The first-order chi connectivity index (χ1) is 6.53. The highest BCUT2D eigenvalue weighted by atomic mass is 32.2. The van der Waals surface area contributed by atoms with Gasteiger partial charge in [0.15, 0.2) is 0 Å².